The topological polar surface area (TPSA) is 59.0 Å². The minimum Gasteiger partial charge on any atom is -0.347 e. The Bertz CT molecular complexity index is 883. The predicted octanol–water partition coefficient (Wildman–Crippen LogP) is 4.18. The minimum absolute atomic E-state index is 0. The van der Waals surface area contributed by atoms with Gasteiger partial charge in [0.15, 0.2) is 0 Å². The van der Waals surface area contributed by atoms with Crippen molar-refractivity contribution in [2.24, 2.45) is 0 Å². The SMILES string of the molecule is CC(NC(=O)c1ccn(C2CCCNC2)n1)C(c1ccccc1)c1ccccc1.Cl. The van der Waals surface area contributed by atoms with Crippen molar-refractivity contribution in [2.45, 2.75) is 37.8 Å². The van der Waals surface area contributed by atoms with Gasteiger partial charge in [0.2, 0.25) is 0 Å². The van der Waals surface area contributed by atoms with Crippen LogP contribution in [0.1, 0.15) is 53.3 Å². The number of carbonyl (C=O) groups is 1. The van der Waals surface area contributed by atoms with E-state index in [1.807, 2.05) is 53.3 Å². The Morgan fingerprint density at radius 2 is 1.70 bits per heavy atom. The maximum Gasteiger partial charge on any atom is 0.272 e. The van der Waals surface area contributed by atoms with Crippen LogP contribution in [0.15, 0.2) is 72.9 Å². The number of nitrogens with zero attached hydrogens (tertiary/aromatic N) is 2. The van der Waals surface area contributed by atoms with E-state index in [1.165, 1.54) is 11.1 Å². The number of piperidine rings is 1. The van der Waals surface area contributed by atoms with Crippen LogP contribution in [0.25, 0.3) is 0 Å². The lowest BCUT2D eigenvalue weighted by Gasteiger charge is -2.26. The van der Waals surface area contributed by atoms with Crippen molar-refractivity contribution in [2.75, 3.05) is 13.1 Å². The van der Waals surface area contributed by atoms with Gasteiger partial charge in [-0.15, -0.1) is 12.4 Å². The van der Waals surface area contributed by atoms with Crippen LogP contribution in [-0.4, -0.2) is 34.8 Å². The fraction of sp³-hybridized carbons (Fsp3) is 0.333. The van der Waals surface area contributed by atoms with Gasteiger partial charge in [0.05, 0.1) is 6.04 Å². The molecule has 1 aliphatic heterocycles. The maximum atomic E-state index is 12.9. The fourth-order valence-corrected chi connectivity index (χ4v) is 4.18. The van der Waals surface area contributed by atoms with Gasteiger partial charge in [0, 0.05) is 24.7 Å². The number of rotatable bonds is 6. The Morgan fingerprint density at radius 3 is 2.27 bits per heavy atom. The first-order valence-corrected chi connectivity index (χ1v) is 10.4. The highest BCUT2D eigenvalue weighted by Crippen LogP contribution is 2.28. The molecule has 0 aliphatic carbocycles. The monoisotopic (exact) mass is 424 g/mol. The van der Waals surface area contributed by atoms with Gasteiger partial charge < -0.3 is 10.6 Å². The Labute approximate surface area is 184 Å². The van der Waals surface area contributed by atoms with Crippen molar-refractivity contribution in [1.82, 2.24) is 20.4 Å². The second kappa shape index (κ2) is 10.4. The van der Waals surface area contributed by atoms with Gasteiger partial charge in [0.1, 0.15) is 5.69 Å². The lowest BCUT2D eigenvalue weighted by molar-refractivity contribution is 0.0930. The Kier molecular flexibility index (Phi) is 7.66. The van der Waals surface area contributed by atoms with Crippen molar-refractivity contribution in [3.63, 3.8) is 0 Å². The first kappa shape index (κ1) is 22.1. The molecule has 0 spiro atoms. The van der Waals surface area contributed by atoms with Crippen molar-refractivity contribution in [1.29, 1.82) is 0 Å². The maximum absolute atomic E-state index is 12.9. The summed E-state index contributed by atoms with van der Waals surface area (Å²) in [6, 6.07) is 22.7. The predicted molar refractivity (Wildman–Crippen MR) is 122 cm³/mol. The molecule has 2 heterocycles. The number of nitrogens with one attached hydrogen (secondary N) is 2. The number of benzene rings is 2. The van der Waals surface area contributed by atoms with E-state index in [4.69, 9.17) is 0 Å². The summed E-state index contributed by atoms with van der Waals surface area (Å²) in [5, 5.41) is 11.1. The number of hydrogen-bond donors (Lipinski definition) is 2. The molecule has 6 heteroatoms. The Balaban J connectivity index is 0.00000256. The third-order valence-corrected chi connectivity index (χ3v) is 5.66. The van der Waals surface area contributed by atoms with Crippen molar-refractivity contribution >= 4 is 18.3 Å². The molecule has 0 bridgehead atoms. The van der Waals surface area contributed by atoms with Crippen LogP contribution < -0.4 is 10.6 Å². The Hall–Kier alpha value is -2.63. The number of amides is 1. The van der Waals surface area contributed by atoms with Crippen LogP contribution in [-0.2, 0) is 0 Å². The molecule has 1 amide bonds. The van der Waals surface area contributed by atoms with E-state index in [9.17, 15) is 4.79 Å². The molecule has 158 valence electrons. The molecule has 1 fully saturated rings. The quantitative estimate of drug-likeness (QED) is 0.624. The van der Waals surface area contributed by atoms with E-state index in [0.717, 1.165) is 25.9 Å². The Morgan fingerprint density at radius 1 is 1.07 bits per heavy atom. The molecule has 1 aromatic heterocycles. The van der Waals surface area contributed by atoms with Crippen molar-refractivity contribution in [3.05, 3.63) is 89.7 Å². The van der Waals surface area contributed by atoms with Crippen molar-refractivity contribution < 1.29 is 4.79 Å². The van der Waals surface area contributed by atoms with Gasteiger partial charge in [-0.3, -0.25) is 9.48 Å². The molecule has 0 saturated carbocycles. The van der Waals surface area contributed by atoms with Gasteiger partial charge in [-0.25, -0.2) is 0 Å². The molecule has 1 aliphatic rings. The number of halogens is 1. The number of aromatic nitrogens is 2. The average molecular weight is 425 g/mol. The second-order valence-electron chi connectivity index (χ2n) is 7.74. The fourth-order valence-electron chi connectivity index (χ4n) is 4.18. The molecule has 2 N–H and O–H groups in total. The van der Waals surface area contributed by atoms with Crippen LogP contribution in [0.5, 0.6) is 0 Å². The lowest BCUT2D eigenvalue weighted by atomic mass is 9.86. The van der Waals surface area contributed by atoms with Crippen molar-refractivity contribution in [3.8, 4) is 0 Å². The average Bonchev–Trinajstić information content (AvgIpc) is 3.27. The summed E-state index contributed by atoms with van der Waals surface area (Å²) in [7, 11) is 0. The smallest absolute Gasteiger partial charge is 0.272 e. The molecule has 2 atom stereocenters. The molecule has 2 aromatic carbocycles. The molecule has 30 heavy (non-hydrogen) atoms. The zero-order valence-electron chi connectivity index (χ0n) is 17.2. The molecule has 4 rings (SSSR count). The first-order valence-electron chi connectivity index (χ1n) is 10.4. The highest BCUT2D eigenvalue weighted by atomic mass is 35.5. The summed E-state index contributed by atoms with van der Waals surface area (Å²) in [6.07, 6.45) is 4.15. The van der Waals surface area contributed by atoms with Crippen LogP contribution in [0.4, 0.5) is 0 Å². The van der Waals surface area contributed by atoms with Gasteiger partial charge in [0.25, 0.3) is 5.91 Å². The zero-order valence-corrected chi connectivity index (χ0v) is 18.0. The van der Waals surface area contributed by atoms with E-state index in [0.29, 0.717) is 11.7 Å². The van der Waals surface area contributed by atoms with Crippen LogP contribution >= 0.6 is 12.4 Å². The minimum atomic E-state index is -0.128. The molecular formula is C24H29ClN4O. The zero-order chi connectivity index (χ0) is 20.1. The van der Waals surface area contributed by atoms with Gasteiger partial charge >= 0.3 is 0 Å². The molecular weight excluding hydrogens is 396 g/mol. The summed E-state index contributed by atoms with van der Waals surface area (Å²) < 4.78 is 1.93. The molecule has 2 unspecified atom stereocenters. The van der Waals surface area contributed by atoms with E-state index in [2.05, 4.69) is 46.9 Å². The second-order valence-corrected chi connectivity index (χ2v) is 7.74. The van der Waals surface area contributed by atoms with Gasteiger partial charge in [-0.1, -0.05) is 60.7 Å². The van der Waals surface area contributed by atoms with Crippen LogP contribution in [0.3, 0.4) is 0 Å². The third-order valence-electron chi connectivity index (χ3n) is 5.66. The van der Waals surface area contributed by atoms with E-state index >= 15 is 0 Å². The standard InChI is InChI=1S/C24H28N4O.ClH/c1-18(23(19-9-4-2-5-10-19)20-11-6-3-7-12-20)26-24(29)22-14-16-28(27-22)21-13-8-15-25-17-21;/h2-7,9-12,14,16,18,21,23,25H,8,13,15,17H2,1H3,(H,26,29);1H. The largest absolute Gasteiger partial charge is 0.347 e. The highest BCUT2D eigenvalue weighted by Gasteiger charge is 2.24. The summed E-state index contributed by atoms with van der Waals surface area (Å²) in [4.78, 5) is 12.9. The van der Waals surface area contributed by atoms with Crippen LogP contribution in [0, 0.1) is 0 Å². The number of hydrogen-bond acceptors (Lipinski definition) is 3. The summed E-state index contributed by atoms with van der Waals surface area (Å²) in [5.41, 5.74) is 2.85. The normalized spacial score (nSPS) is 17.2. The number of carbonyl (C=O) groups excluding carboxylic acids is 1. The molecule has 1 saturated heterocycles. The lowest BCUT2D eigenvalue weighted by Crippen LogP contribution is -2.38. The van der Waals surface area contributed by atoms with Gasteiger partial charge in [-0.2, -0.15) is 5.10 Å². The summed E-state index contributed by atoms with van der Waals surface area (Å²) in [6.45, 7) is 4.02. The summed E-state index contributed by atoms with van der Waals surface area (Å²) in [5.74, 6) is -0.0529. The highest BCUT2D eigenvalue weighted by molar-refractivity contribution is 5.92. The van der Waals surface area contributed by atoms with Gasteiger partial charge in [-0.05, 0) is 43.5 Å². The third kappa shape index (κ3) is 5.10. The molecule has 0 radical (unpaired) electrons. The molecule has 5 nitrogen and oxygen atoms in total. The van der Waals surface area contributed by atoms with Crippen LogP contribution in [0.2, 0.25) is 0 Å². The first-order chi connectivity index (χ1) is 14.2. The molecule has 3 aromatic rings. The van der Waals surface area contributed by atoms with E-state index in [1.54, 1.807) is 0 Å². The summed E-state index contributed by atoms with van der Waals surface area (Å²) >= 11 is 0. The van der Waals surface area contributed by atoms with E-state index in [-0.39, 0.29) is 30.3 Å². The van der Waals surface area contributed by atoms with E-state index < -0.39 is 0 Å².